The number of rotatable bonds is 5. The van der Waals surface area contributed by atoms with Crippen LogP contribution in [-0.2, 0) is 0 Å². The van der Waals surface area contributed by atoms with Crippen LogP contribution in [0.4, 0.5) is 17.2 Å². The Morgan fingerprint density at radius 2 is 1.78 bits per heavy atom. The van der Waals surface area contributed by atoms with Crippen LogP contribution in [0.25, 0.3) is 0 Å². The summed E-state index contributed by atoms with van der Waals surface area (Å²) in [4.78, 5) is 31.8. The number of amides is 1. The van der Waals surface area contributed by atoms with E-state index in [4.69, 9.17) is 5.26 Å². The second-order valence-electron chi connectivity index (χ2n) is 5.66. The highest BCUT2D eigenvalue weighted by molar-refractivity contribution is 6.03. The molecule has 132 valence electrons. The van der Waals surface area contributed by atoms with Crippen LogP contribution in [-0.4, -0.2) is 21.7 Å². The van der Waals surface area contributed by atoms with Crippen molar-refractivity contribution in [3.63, 3.8) is 0 Å². The number of nitrogens with zero attached hydrogens (tertiary/aromatic N) is 3. The maximum atomic E-state index is 12.4. The van der Waals surface area contributed by atoms with Crippen molar-refractivity contribution in [3.05, 3.63) is 77.7 Å². The first kappa shape index (κ1) is 17.8. The molecular formula is C20H15N5O2. The van der Waals surface area contributed by atoms with Gasteiger partial charge < -0.3 is 10.6 Å². The van der Waals surface area contributed by atoms with Crippen molar-refractivity contribution in [2.24, 2.45) is 0 Å². The van der Waals surface area contributed by atoms with E-state index in [0.717, 1.165) is 0 Å². The highest BCUT2D eigenvalue weighted by Gasteiger charge is 2.11. The molecule has 0 aliphatic carbocycles. The minimum Gasteiger partial charge on any atom is -0.339 e. The lowest BCUT2D eigenvalue weighted by atomic mass is 10.1. The van der Waals surface area contributed by atoms with E-state index in [1.807, 2.05) is 0 Å². The van der Waals surface area contributed by atoms with E-state index in [0.29, 0.717) is 28.3 Å². The number of benzene rings is 2. The van der Waals surface area contributed by atoms with Crippen molar-refractivity contribution in [3.8, 4) is 6.07 Å². The molecule has 0 bridgehead atoms. The summed E-state index contributed by atoms with van der Waals surface area (Å²) in [5.74, 6) is -0.0635. The molecule has 0 radical (unpaired) electrons. The minimum absolute atomic E-state index is 0.0444. The average Bonchev–Trinajstić information content (AvgIpc) is 2.69. The fourth-order valence-corrected chi connectivity index (χ4v) is 2.36. The van der Waals surface area contributed by atoms with Crippen LogP contribution in [0.1, 0.15) is 33.3 Å². The van der Waals surface area contributed by atoms with E-state index in [2.05, 4.69) is 26.7 Å². The topological polar surface area (TPSA) is 108 Å². The van der Waals surface area contributed by atoms with E-state index >= 15 is 0 Å². The molecule has 0 aliphatic heterocycles. The van der Waals surface area contributed by atoms with E-state index in [-0.39, 0.29) is 11.5 Å². The molecule has 1 heterocycles. The Morgan fingerprint density at radius 1 is 1.04 bits per heavy atom. The summed E-state index contributed by atoms with van der Waals surface area (Å²) in [7, 11) is 0. The quantitative estimate of drug-likeness (QED) is 0.676. The van der Waals surface area contributed by atoms with Crippen LogP contribution in [0, 0.1) is 11.3 Å². The van der Waals surface area contributed by atoms with Gasteiger partial charge in [-0.2, -0.15) is 5.26 Å². The Labute approximate surface area is 155 Å². The lowest BCUT2D eigenvalue weighted by molar-refractivity contribution is 0.101. The monoisotopic (exact) mass is 357 g/mol. The molecule has 2 N–H and O–H groups in total. The highest BCUT2D eigenvalue weighted by Crippen LogP contribution is 2.19. The summed E-state index contributed by atoms with van der Waals surface area (Å²) in [6, 6.07) is 17.2. The molecule has 0 saturated carbocycles. The zero-order valence-corrected chi connectivity index (χ0v) is 14.4. The van der Waals surface area contributed by atoms with Gasteiger partial charge in [-0.25, -0.2) is 9.97 Å². The molecule has 27 heavy (non-hydrogen) atoms. The predicted molar refractivity (Wildman–Crippen MR) is 101 cm³/mol. The number of hydrogen-bond donors (Lipinski definition) is 2. The summed E-state index contributed by atoms with van der Waals surface area (Å²) in [5, 5.41) is 14.9. The Hall–Kier alpha value is -4.05. The molecule has 1 amide bonds. The molecule has 0 spiro atoms. The number of carbonyl (C=O) groups is 2. The van der Waals surface area contributed by atoms with Crippen LogP contribution in [0.2, 0.25) is 0 Å². The van der Waals surface area contributed by atoms with E-state index in [9.17, 15) is 9.59 Å². The van der Waals surface area contributed by atoms with Crippen molar-refractivity contribution in [2.75, 3.05) is 10.6 Å². The van der Waals surface area contributed by atoms with Crippen LogP contribution in [0.3, 0.4) is 0 Å². The Balaban J connectivity index is 1.75. The van der Waals surface area contributed by atoms with Crippen LogP contribution >= 0.6 is 0 Å². The molecule has 3 rings (SSSR count). The van der Waals surface area contributed by atoms with Crippen molar-refractivity contribution in [1.82, 2.24) is 9.97 Å². The molecule has 0 aliphatic rings. The first-order valence-electron chi connectivity index (χ1n) is 8.07. The second kappa shape index (κ2) is 7.89. The standard InChI is InChI=1S/C20H15N5O2/c1-13(26)14-6-8-16(9-7-14)24-20(27)18-10-19(23-12-22-18)25-17-5-3-2-4-15(17)11-21/h2-10,12H,1H3,(H,24,27)(H,22,23,25). The first-order valence-corrected chi connectivity index (χ1v) is 8.07. The number of Topliss-reactive ketones (excluding diaryl/α,β-unsaturated/α-hetero) is 1. The van der Waals surface area contributed by atoms with Gasteiger partial charge >= 0.3 is 0 Å². The molecule has 0 atom stereocenters. The fraction of sp³-hybridized carbons (Fsp3) is 0.0500. The maximum absolute atomic E-state index is 12.4. The lowest BCUT2D eigenvalue weighted by Gasteiger charge is -2.09. The second-order valence-corrected chi connectivity index (χ2v) is 5.66. The lowest BCUT2D eigenvalue weighted by Crippen LogP contribution is -2.14. The van der Waals surface area contributed by atoms with Gasteiger partial charge in [0.1, 0.15) is 23.9 Å². The number of carbonyl (C=O) groups excluding carboxylic acids is 2. The molecule has 1 aromatic heterocycles. The third kappa shape index (κ3) is 4.32. The first-order chi connectivity index (χ1) is 13.1. The van der Waals surface area contributed by atoms with Gasteiger partial charge in [-0.3, -0.25) is 9.59 Å². The van der Waals surface area contributed by atoms with Gasteiger partial charge in [-0.05, 0) is 43.3 Å². The van der Waals surface area contributed by atoms with Gasteiger partial charge in [-0.15, -0.1) is 0 Å². The average molecular weight is 357 g/mol. The molecule has 0 unspecified atom stereocenters. The predicted octanol–water partition coefficient (Wildman–Crippen LogP) is 3.55. The number of nitrogens with one attached hydrogen (secondary N) is 2. The van der Waals surface area contributed by atoms with Crippen molar-refractivity contribution in [2.45, 2.75) is 6.92 Å². The number of hydrogen-bond acceptors (Lipinski definition) is 6. The Kier molecular flexibility index (Phi) is 5.19. The zero-order chi connectivity index (χ0) is 19.2. The van der Waals surface area contributed by atoms with Crippen molar-refractivity contribution >= 4 is 28.9 Å². The van der Waals surface area contributed by atoms with Gasteiger partial charge in [-0.1, -0.05) is 12.1 Å². The van der Waals surface area contributed by atoms with Gasteiger partial charge in [0.2, 0.25) is 0 Å². The summed E-state index contributed by atoms with van der Waals surface area (Å²) in [6.45, 7) is 1.48. The molecule has 3 aromatic rings. The summed E-state index contributed by atoms with van der Waals surface area (Å²) in [5.41, 5.74) is 2.33. The summed E-state index contributed by atoms with van der Waals surface area (Å²) >= 11 is 0. The van der Waals surface area contributed by atoms with Crippen molar-refractivity contribution < 1.29 is 9.59 Å². The molecule has 7 heteroatoms. The number of ketones is 1. The normalized spacial score (nSPS) is 9.93. The highest BCUT2D eigenvalue weighted by atomic mass is 16.2. The van der Waals surface area contributed by atoms with E-state index in [1.54, 1.807) is 48.5 Å². The smallest absolute Gasteiger partial charge is 0.274 e. The Morgan fingerprint density at radius 3 is 2.48 bits per heavy atom. The van der Waals surface area contributed by atoms with Crippen LogP contribution in [0.5, 0.6) is 0 Å². The Bertz CT molecular complexity index is 1040. The summed E-state index contributed by atoms with van der Waals surface area (Å²) in [6.07, 6.45) is 1.27. The van der Waals surface area contributed by atoms with Gasteiger partial charge in [0.25, 0.3) is 5.91 Å². The third-order valence-electron chi connectivity index (χ3n) is 3.76. The van der Waals surface area contributed by atoms with Crippen LogP contribution < -0.4 is 10.6 Å². The third-order valence-corrected chi connectivity index (χ3v) is 3.76. The molecular weight excluding hydrogens is 342 g/mol. The molecule has 7 nitrogen and oxygen atoms in total. The van der Waals surface area contributed by atoms with Gasteiger partial charge in [0, 0.05) is 17.3 Å². The van der Waals surface area contributed by atoms with Crippen molar-refractivity contribution in [1.29, 1.82) is 5.26 Å². The molecule has 0 saturated heterocycles. The largest absolute Gasteiger partial charge is 0.339 e. The number of aromatic nitrogens is 2. The number of para-hydroxylation sites is 1. The maximum Gasteiger partial charge on any atom is 0.274 e. The number of nitriles is 1. The summed E-state index contributed by atoms with van der Waals surface area (Å²) < 4.78 is 0. The zero-order valence-electron chi connectivity index (χ0n) is 14.4. The molecule has 2 aromatic carbocycles. The molecule has 0 fully saturated rings. The van der Waals surface area contributed by atoms with E-state index in [1.165, 1.54) is 19.3 Å². The SMILES string of the molecule is CC(=O)c1ccc(NC(=O)c2cc(Nc3ccccc3C#N)ncn2)cc1. The van der Waals surface area contributed by atoms with Gasteiger partial charge in [0.15, 0.2) is 5.78 Å². The number of anilines is 3. The van der Waals surface area contributed by atoms with Crippen LogP contribution in [0.15, 0.2) is 60.9 Å². The minimum atomic E-state index is -0.412. The van der Waals surface area contributed by atoms with Gasteiger partial charge in [0.05, 0.1) is 11.3 Å². The van der Waals surface area contributed by atoms with E-state index < -0.39 is 5.91 Å². The fourth-order valence-electron chi connectivity index (χ4n) is 2.36.